The fourth-order valence-electron chi connectivity index (χ4n) is 3.01. The summed E-state index contributed by atoms with van der Waals surface area (Å²) in [5, 5.41) is 2.11. The van der Waals surface area contributed by atoms with E-state index >= 15 is 0 Å². The summed E-state index contributed by atoms with van der Waals surface area (Å²) >= 11 is 0. The number of hydrogen-bond acceptors (Lipinski definition) is 1. The van der Waals surface area contributed by atoms with Crippen LogP contribution in [0.25, 0.3) is 0 Å². The highest BCUT2D eigenvalue weighted by Crippen LogP contribution is 2.68. The van der Waals surface area contributed by atoms with Crippen LogP contribution < -0.4 is 0 Å². The zero-order valence-corrected chi connectivity index (χ0v) is 12.0. The molecule has 1 saturated carbocycles. The molecule has 2 rings (SSSR count). The predicted molar refractivity (Wildman–Crippen MR) is 76.2 cm³/mol. The van der Waals surface area contributed by atoms with Crippen LogP contribution in [0.5, 0.6) is 0 Å². The van der Waals surface area contributed by atoms with Gasteiger partial charge in [-0.1, -0.05) is 38.5 Å². The predicted octanol–water partition coefficient (Wildman–Crippen LogP) is 4.97. The van der Waals surface area contributed by atoms with Crippen LogP contribution in [0.1, 0.15) is 57.8 Å². The zero-order chi connectivity index (χ0) is 10.7. The minimum atomic E-state index is -0.298. The molecule has 1 aliphatic carbocycles. The molecule has 0 spiro atoms. The van der Waals surface area contributed by atoms with E-state index in [4.69, 9.17) is 0 Å². The Morgan fingerprint density at radius 3 is 2.20 bits per heavy atom. The molecular formula is C13H26S2. The molecule has 2 bridgehead atoms. The first-order valence-electron chi connectivity index (χ1n) is 6.59. The van der Waals surface area contributed by atoms with Crippen LogP contribution in [0.15, 0.2) is 0 Å². The van der Waals surface area contributed by atoms with E-state index in [0.717, 1.165) is 10.5 Å². The van der Waals surface area contributed by atoms with Crippen molar-refractivity contribution in [2.75, 3.05) is 12.5 Å². The van der Waals surface area contributed by atoms with Crippen molar-refractivity contribution in [2.45, 2.75) is 68.3 Å². The molecule has 2 heteroatoms. The average Bonchev–Trinajstić information content (AvgIpc) is 2.45. The van der Waals surface area contributed by atoms with E-state index in [0.29, 0.717) is 0 Å². The maximum atomic E-state index is 2.56. The number of hydrogen-bond donors (Lipinski definition) is 0. The monoisotopic (exact) mass is 246 g/mol. The van der Waals surface area contributed by atoms with Crippen molar-refractivity contribution in [2.24, 2.45) is 0 Å². The summed E-state index contributed by atoms with van der Waals surface area (Å²) < 4.78 is 0. The van der Waals surface area contributed by atoms with Gasteiger partial charge in [0.25, 0.3) is 0 Å². The third-order valence-corrected chi connectivity index (χ3v) is 10.4. The normalized spacial score (nSPS) is 39.3. The summed E-state index contributed by atoms with van der Waals surface area (Å²) in [4.78, 5) is 0. The van der Waals surface area contributed by atoms with Gasteiger partial charge in [-0.05, 0) is 37.0 Å². The van der Waals surface area contributed by atoms with Gasteiger partial charge in [-0.2, -0.15) is 9.06 Å². The van der Waals surface area contributed by atoms with Crippen molar-refractivity contribution < 1.29 is 0 Å². The molecule has 2 aliphatic rings. The maximum absolute atomic E-state index is 2.56. The Hall–Kier alpha value is 0.700. The molecular weight excluding hydrogens is 220 g/mol. The molecule has 0 aromatic rings. The van der Waals surface area contributed by atoms with Crippen LogP contribution >= 0.6 is 19.9 Å². The van der Waals surface area contributed by atoms with Crippen LogP contribution in [-0.4, -0.2) is 23.0 Å². The summed E-state index contributed by atoms with van der Waals surface area (Å²) in [6.07, 6.45) is 18.7. The Morgan fingerprint density at radius 2 is 1.47 bits per heavy atom. The van der Waals surface area contributed by atoms with Gasteiger partial charge in [0.05, 0.1) is 0 Å². The lowest BCUT2D eigenvalue weighted by atomic mass is 10.1. The Labute approximate surface area is 101 Å². The van der Waals surface area contributed by atoms with Crippen LogP contribution in [0, 0.1) is 0 Å². The van der Waals surface area contributed by atoms with Gasteiger partial charge in [-0.25, -0.2) is 0 Å². The first-order valence-corrected chi connectivity index (χ1v) is 10.5. The fraction of sp³-hybridized carbons (Fsp3) is 1.00. The summed E-state index contributed by atoms with van der Waals surface area (Å²) in [5.74, 6) is 0. The van der Waals surface area contributed by atoms with Crippen molar-refractivity contribution in [3.8, 4) is 0 Å². The SMILES string of the molecule is CS1(C)SC2CCCCCCCCC1C2. The minimum Gasteiger partial charge on any atom is -0.195 e. The summed E-state index contributed by atoms with van der Waals surface area (Å²) in [5.41, 5.74) is 0. The quantitative estimate of drug-likeness (QED) is 0.544. The summed E-state index contributed by atoms with van der Waals surface area (Å²) in [7, 11) is 2.08. The lowest BCUT2D eigenvalue weighted by Gasteiger charge is -2.32. The molecule has 2 atom stereocenters. The first-order chi connectivity index (χ1) is 7.18. The van der Waals surface area contributed by atoms with Gasteiger partial charge in [0.15, 0.2) is 0 Å². The smallest absolute Gasteiger partial charge is 0.0146 e. The number of rotatable bonds is 0. The molecule has 0 aromatic heterocycles. The van der Waals surface area contributed by atoms with Gasteiger partial charge in [0, 0.05) is 5.25 Å². The van der Waals surface area contributed by atoms with E-state index in [9.17, 15) is 0 Å². The van der Waals surface area contributed by atoms with E-state index in [1.807, 2.05) is 0 Å². The van der Waals surface area contributed by atoms with Crippen LogP contribution in [0.2, 0.25) is 0 Å². The molecule has 1 saturated heterocycles. The molecule has 0 N–H and O–H groups in total. The number of fused-ring (bicyclic) bond motifs is 2. The molecule has 2 fully saturated rings. The Morgan fingerprint density at radius 1 is 0.867 bits per heavy atom. The molecule has 90 valence electrons. The molecule has 0 radical (unpaired) electrons. The average molecular weight is 246 g/mol. The minimum absolute atomic E-state index is 0.298. The van der Waals surface area contributed by atoms with Crippen LogP contribution in [0.4, 0.5) is 0 Å². The van der Waals surface area contributed by atoms with Crippen LogP contribution in [-0.2, 0) is 0 Å². The van der Waals surface area contributed by atoms with E-state index in [1.165, 1.54) is 51.4 Å². The van der Waals surface area contributed by atoms with E-state index in [1.54, 1.807) is 6.42 Å². The van der Waals surface area contributed by atoms with Gasteiger partial charge in [-0.3, -0.25) is 0 Å². The van der Waals surface area contributed by atoms with Crippen molar-refractivity contribution >= 4 is 19.9 Å². The van der Waals surface area contributed by atoms with E-state index in [2.05, 4.69) is 23.3 Å². The lowest BCUT2D eigenvalue weighted by molar-refractivity contribution is 0.586. The van der Waals surface area contributed by atoms with Crippen molar-refractivity contribution in [1.29, 1.82) is 0 Å². The molecule has 2 unspecified atom stereocenters. The topological polar surface area (TPSA) is 0 Å². The second-order valence-electron chi connectivity index (χ2n) is 5.58. The molecule has 1 aliphatic heterocycles. The molecule has 0 nitrogen and oxygen atoms in total. The molecule has 0 aromatic carbocycles. The fourth-order valence-corrected chi connectivity index (χ4v) is 9.62. The highest BCUT2D eigenvalue weighted by atomic mass is 33.2. The first kappa shape index (κ1) is 12.2. The lowest BCUT2D eigenvalue weighted by Crippen LogP contribution is -2.09. The Balaban J connectivity index is 1.94. The van der Waals surface area contributed by atoms with E-state index < -0.39 is 0 Å². The Kier molecular flexibility index (Phi) is 4.34. The largest absolute Gasteiger partial charge is 0.195 e. The summed E-state index contributed by atoms with van der Waals surface area (Å²) in [6, 6.07) is 0. The standard InChI is InChI=1S/C13H26S2/c1-15(2)13-10-8-6-4-3-5-7-9-12(11-13)14-15/h12-13H,3-11H2,1-2H3. The van der Waals surface area contributed by atoms with Gasteiger partial charge >= 0.3 is 0 Å². The van der Waals surface area contributed by atoms with Gasteiger partial charge in [-0.15, -0.1) is 10.8 Å². The molecule has 0 amide bonds. The summed E-state index contributed by atoms with van der Waals surface area (Å²) in [6.45, 7) is 0. The molecule has 15 heavy (non-hydrogen) atoms. The van der Waals surface area contributed by atoms with Crippen LogP contribution in [0.3, 0.4) is 0 Å². The maximum Gasteiger partial charge on any atom is 0.0146 e. The highest BCUT2D eigenvalue weighted by Gasteiger charge is 2.36. The highest BCUT2D eigenvalue weighted by molar-refractivity contribution is 8.94. The second kappa shape index (κ2) is 5.35. The van der Waals surface area contributed by atoms with Gasteiger partial charge in [0.1, 0.15) is 0 Å². The Bertz CT molecular complexity index is 201. The molecule has 1 heterocycles. The van der Waals surface area contributed by atoms with Gasteiger partial charge < -0.3 is 0 Å². The van der Waals surface area contributed by atoms with Crippen molar-refractivity contribution in [3.63, 3.8) is 0 Å². The zero-order valence-electron chi connectivity index (χ0n) is 10.3. The second-order valence-corrected chi connectivity index (χ2v) is 12.9. The third-order valence-electron chi connectivity index (χ3n) is 4.01. The third kappa shape index (κ3) is 3.33. The van der Waals surface area contributed by atoms with E-state index in [-0.39, 0.29) is 9.06 Å². The van der Waals surface area contributed by atoms with Crippen molar-refractivity contribution in [3.05, 3.63) is 0 Å². The van der Waals surface area contributed by atoms with Crippen molar-refractivity contribution in [1.82, 2.24) is 0 Å². The van der Waals surface area contributed by atoms with Gasteiger partial charge in [0.2, 0.25) is 0 Å².